The summed E-state index contributed by atoms with van der Waals surface area (Å²) < 4.78 is 32.7. The van der Waals surface area contributed by atoms with Crippen LogP contribution in [0, 0.1) is 0 Å². The third-order valence-corrected chi connectivity index (χ3v) is 7.09. The fourth-order valence-electron chi connectivity index (χ4n) is 3.25. The summed E-state index contributed by atoms with van der Waals surface area (Å²) in [7, 11) is -2.26. The van der Waals surface area contributed by atoms with E-state index in [4.69, 9.17) is 16.3 Å². The van der Waals surface area contributed by atoms with Crippen LogP contribution in [0.1, 0.15) is 30.9 Å². The Kier molecular flexibility index (Phi) is 6.72. The molecule has 3 rings (SSSR count). The number of amides is 1. The van der Waals surface area contributed by atoms with Crippen LogP contribution in [0.15, 0.2) is 53.4 Å². The molecular formula is C20H23ClN2O4S. The number of nitrogens with one attached hydrogen (secondary N) is 1. The molecule has 150 valence electrons. The van der Waals surface area contributed by atoms with Gasteiger partial charge in [-0.1, -0.05) is 48.4 Å². The van der Waals surface area contributed by atoms with Crippen LogP contribution in [0.3, 0.4) is 0 Å². The molecule has 1 aliphatic heterocycles. The molecule has 1 fully saturated rings. The minimum atomic E-state index is -3.71. The van der Waals surface area contributed by atoms with E-state index in [1.54, 1.807) is 18.2 Å². The van der Waals surface area contributed by atoms with Crippen molar-refractivity contribution in [2.24, 2.45) is 0 Å². The van der Waals surface area contributed by atoms with E-state index in [2.05, 4.69) is 5.32 Å². The van der Waals surface area contributed by atoms with Crippen LogP contribution >= 0.6 is 11.6 Å². The lowest BCUT2D eigenvalue weighted by atomic mass is 10.1. The van der Waals surface area contributed by atoms with Gasteiger partial charge in [0.2, 0.25) is 10.0 Å². The number of sulfonamides is 1. The van der Waals surface area contributed by atoms with E-state index in [1.807, 2.05) is 18.2 Å². The standard InChI is InChI=1S/C20H23ClN2O4S/c1-27-19(15-8-4-2-5-9-15)20(24)22-16-10-11-17(21)18(14-16)28(25,26)23-12-6-3-7-13-23/h2,4-5,8-11,14,19H,3,6-7,12-13H2,1H3,(H,22,24). The topological polar surface area (TPSA) is 75.7 Å². The first kappa shape index (κ1) is 20.8. The van der Waals surface area contributed by atoms with Gasteiger partial charge < -0.3 is 10.1 Å². The Morgan fingerprint density at radius 3 is 2.43 bits per heavy atom. The molecule has 1 N–H and O–H groups in total. The smallest absolute Gasteiger partial charge is 0.258 e. The maximum Gasteiger partial charge on any atom is 0.258 e. The highest BCUT2D eigenvalue weighted by molar-refractivity contribution is 7.89. The quantitative estimate of drug-likeness (QED) is 0.767. The van der Waals surface area contributed by atoms with E-state index < -0.39 is 22.0 Å². The molecule has 28 heavy (non-hydrogen) atoms. The van der Waals surface area contributed by atoms with Gasteiger partial charge in [-0.05, 0) is 36.6 Å². The van der Waals surface area contributed by atoms with Gasteiger partial charge in [0.05, 0.1) is 5.02 Å². The summed E-state index contributed by atoms with van der Waals surface area (Å²) in [5, 5.41) is 2.86. The molecule has 1 heterocycles. The van der Waals surface area contributed by atoms with Crippen LogP contribution in [0.4, 0.5) is 5.69 Å². The van der Waals surface area contributed by atoms with E-state index in [0.29, 0.717) is 24.3 Å². The number of piperidine rings is 1. The van der Waals surface area contributed by atoms with Crippen molar-refractivity contribution in [1.82, 2.24) is 4.31 Å². The van der Waals surface area contributed by atoms with Crippen molar-refractivity contribution in [3.05, 3.63) is 59.1 Å². The van der Waals surface area contributed by atoms with Crippen molar-refractivity contribution >= 4 is 33.2 Å². The van der Waals surface area contributed by atoms with Gasteiger partial charge >= 0.3 is 0 Å². The zero-order valence-electron chi connectivity index (χ0n) is 15.6. The molecule has 1 amide bonds. The van der Waals surface area contributed by atoms with Crippen LogP contribution < -0.4 is 5.32 Å². The third kappa shape index (κ3) is 4.55. The number of carbonyl (C=O) groups excluding carboxylic acids is 1. The summed E-state index contributed by atoms with van der Waals surface area (Å²) in [6.45, 7) is 0.962. The highest BCUT2D eigenvalue weighted by Crippen LogP contribution is 2.30. The second-order valence-electron chi connectivity index (χ2n) is 6.63. The zero-order valence-corrected chi connectivity index (χ0v) is 17.2. The Morgan fingerprint density at radius 2 is 1.79 bits per heavy atom. The van der Waals surface area contributed by atoms with E-state index in [9.17, 15) is 13.2 Å². The summed E-state index contributed by atoms with van der Waals surface area (Å²) in [6, 6.07) is 13.5. The second-order valence-corrected chi connectivity index (χ2v) is 8.94. The van der Waals surface area contributed by atoms with Gasteiger partial charge in [0.1, 0.15) is 4.90 Å². The molecule has 0 radical (unpaired) electrons. The SMILES string of the molecule is COC(C(=O)Nc1ccc(Cl)c(S(=O)(=O)N2CCCCC2)c1)c1ccccc1. The third-order valence-electron chi connectivity index (χ3n) is 4.71. The first-order valence-electron chi connectivity index (χ1n) is 9.12. The summed E-state index contributed by atoms with van der Waals surface area (Å²) >= 11 is 6.18. The normalized spacial score (nSPS) is 16.5. The van der Waals surface area contributed by atoms with E-state index in [-0.39, 0.29) is 9.92 Å². The van der Waals surface area contributed by atoms with Gasteiger partial charge in [0.25, 0.3) is 5.91 Å². The Hall–Kier alpha value is -1.93. The monoisotopic (exact) mass is 422 g/mol. The van der Waals surface area contributed by atoms with Crippen molar-refractivity contribution in [3.8, 4) is 0 Å². The summed E-state index contributed by atoms with van der Waals surface area (Å²) in [5.74, 6) is -0.391. The fourth-order valence-corrected chi connectivity index (χ4v) is 5.27. The number of methoxy groups -OCH3 is 1. The highest BCUT2D eigenvalue weighted by Gasteiger charge is 2.29. The predicted molar refractivity (Wildman–Crippen MR) is 109 cm³/mol. The minimum absolute atomic E-state index is 0.00236. The number of carbonyl (C=O) groups is 1. The molecule has 0 aliphatic carbocycles. The van der Waals surface area contributed by atoms with Crippen molar-refractivity contribution in [2.75, 3.05) is 25.5 Å². The zero-order chi connectivity index (χ0) is 20.1. The van der Waals surface area contributed by atoms with Crippen molar-refractivity contribution in [3.63, 3.8) is 0 Å². The maximum atomic E-state index is 13.0. The lowest BCUT2D eigenvalue weighted by Gasteiger charge is -2.26. The number of hydrogen-bond acceptors (Lipinski definition) is 4. The maximum absolute atomic E-state index is 13.0. The molecule has 2 aromatic rings. The molecule has 1 atom stereocenters. The molecule has 6 nitrogen and oxygen atoms in total. The molecule has 1 aliphatic rings. The summed E-state index contributed by atoms with van der Waals surface area (Å²) in [5.41, 5.74) is 1.06. The molecule has 1 saturated heterocycles. The highest BCUT2D eigenvalue weighted by atomic mass is 35.5. The summed E-state index contributed by atoms with van der Waals surface area (Å²) in [4.78, 5) is 12.7. The molecule has 0 aromatic heterocycles. The lowest BCUT2D eigenvalue weighted by molar-refractivity contribution is -0.126. The predicted octanol–water partition coefficient (Wildman–Crippen LogP) is 3.84. The number of ether oxygens (including phenoxy) is 1. The molecule has 8 heteroatoms. The van der Waals surface area contributed by atoms with Crippen molar-refractivity contribution < 1.29 is 17.9 Å². The number of halogens is 1. The Bertz CT molecular complexity index is 928. The average molecular weight is 423 g/mol. The fraction of sp³-hybridized carbons (Fsp3) is 0.350. The Balaban J connectivity index is 1.84. The Labute approximate surface area is 170 Å². The number of hydrogen-bond donors (Lipinski definition) is 1. The van der Waals surface area contributed by atoms with Crippen LogP contribution in [-0.2, 0) is 19.6 Å². The van der Waals surface area contributed by atoms with E-state index in [1.165, 1.54) is 23.5 Å². The minimum Gasteiger partial charge on any atom is -0.367 e. The van der Waals surface area contributed by atoms with Crippen LogP contribution in [0.5, 0.6) is 0 Å². The average Bonchev–Trinajstić information content (AvgIpc) is 2.71. The molecule has 0 saturated carbocycles. The van der Waals surface area contributed by atoms with Gasteiger partial charge in [-0.15, -0.1) is 0 Å². The van der Waals surface area contributed by atoms with E-state index >= 15 is 0 Å². The molecule has 1 unspecified atom stereocenters. The van der Waals surface area contributed by atoms with Crippen molar-refractivity contribution in [1.29, 1.82) is 0 Å². The largest absolute Gasteiger partial charge is 0.367 e. The van der Waals surface area contributed by atoms with Crippen molar-refractivity contribution in [2.45, 2.75) is 30.3 Å². The first-order valence-corrected chi connectivity index (χ1v) is 10.9. The number of nitrogens with zero attached hydrogens (tertiary/aromatic N) is 1. The van der Waals surface area contributed by atoms with Crippen LogP contribution in [0.2, 0.25) is 5.02 Å². The van der Waals surface area contributed by atoms with Gasteiger partial charge in [-0.2, -0.15) is 4.31 Å². The molecule has 2 aromatic carbocycles. The summed E-state index contributed by atoms with van der Waals surface area (Å²) in [6.07, 6.45) is 1.88. The van der Waals surface area contributed by atoms with Crippen LogP contribution in [-0.4, -0.2) is 38.8 Å². The lowest BCUT2D eigenvalue weighted by Crippen LogP contribution is -2.35. The Morgan fingerprint density at radius 1 is 1.11 bits per heavy atom. The number of anilines is 1. The molecular weight excluding hydrogens is 400 g/mol. The van der Waals surface area contributed by atoms with Gasteiger partial charge in [-0.3, -0.25) is 4.79 Å². The number of benzene rings is 2. The first-order chi connectivity index (χ1) is 13.4. The van der Waals surface area contributed by atoms with Gasteiger partial charge in [0, 0.05) is 25.9 Å². The van der Waals surface area contributed by atoms with Gasteiger partial charge in [-0.25, -0.2) is 8.42 Å². The molecule has 0 spiro atoms. The van der Waals surface area contributed by atoms with E-state index in [0.717, 1.165) is 19.3 Å². The number of rotatable bonds is 6. The molecule has 0 bridgehead atoms. The second kappa shape index (κ2) is 9.05. The van der Waals surface area contributed by atoms with Gasteiger partial charge in [0.15, 0.2) is 6.10 Å². The van der Waals surface area contributed by atoms with Crippen LogP contribution in [0.25, 0.3) is 0 Å².